The molecule has 1 aliphatic carbocycles. The van der Waals surface area contributed by atoms with Crippen molar-refractivity contribution in [3.63, 3.8) is 0 Å². The summed E-state index contributed by atoms with van der Waals surface area (Å²) in [5, 5.41) is 18.1. The molecule has 0 aromatic carbocycles. The first-order chi connectivity index (χ1) is 4.70. The number of terminal acetylenes is 1. The highest BCUT2D eigenvalue weighted by atomic mass is 16.3. The van der Waals surface area contributed by atoms with Gasteiger partial charge in [-0.3, -0.25) is 0 Å². The molecule has 0 spiro atoms. The van der Waals surface area contributed by atoms with E-state index in [1.165, 1.54) is 0 Å². The Hall–Kier alpha value is -0.520. The second-order valence-electron chi connectivity index (χ2n) is 3.06. The van der Waals surface area contributed by atoms with Crippen molar-refractivity contribution >= 4 is 0 Å². The third kappa shape index (κ3) is 1.31. The molecule has 0 aromatic heterocycles. The van der Waals surface area contributed by atoms with E-state index in [0.717, 1.165) is 0 Å². The zero-order valence-corrected chi connectivity index (χ0v) is 5.88. The van der Waals surface area contributed by atoms with Crippen molar-refractivity contribution in [2.24, 2.45) is 5.92 Å². The second-order valence-corrected chi connectivity index (χ2v) is 3.06. The molecular formula is C8H12O2. The fraction of sp³-hybridized carbons (Fsp3) is 0.750. The maximum atomic E-state index is 9.46. The molecule has 0 heterocycles. The summed E-state index contributed by atoms with van der Waals surface area (Å²) in [6.45, 7) is 0.173. The van der Waals surface area contributed by atoms with E-state index in [2.05, 4.69) is 5.92 Å². The van der Waals surface area contributed by atoms with Crippen LogP contribution >= 0.6 is 0 Å². The quantitative estimate of drug-likeness (QED) is 0.536. The number of hydrogen-bond acceptors (Lipinski definition) is 2. The maximum Gasteiger partial charge on any atom is 0.0763 e. The fourth-order valence-electron chi connectivity index (χ4n) is 1.48. The summed E-state index contributed by atoms with van der Waals surface area (Å²) in [6, 6.07) is 0. The fourth-order valence-corrected chi connectivity index (χ4v) is 1.48. The molecule has 0 aliphatic heterocycles. The molecule has 1 saturated carbocycles. The molecule has 1 aliphatic rings. The summed E-state index contributed by atoms with van der Waals surface area (Å²) in [7, 11) is 0. The summed E-state index contributed by atoms with van der Waals surface area (Å²) in [6.07, 6.45) is 6.78. The predicted molar refractivity (Wildman–Crippen MR) is 38.2 cm³/mol. The normalized spacial score (nSPS) is 38.3. The van der Waals surface area contributed by atoms with Crippen molar-refractivity contribution < 1.29 is 10.2 Å². The Balaban J connectivity index is 2.29. The van der Waals surface area contributed by atoms with Crippen LogP contribution in [0.15, 0.2) is 0 Å². The average molecular weight is 140 g/mol. The van der Waals surface area contributed by atoms with Crippen LogP contribution in [0.2, 0.25) is 0 Å². The molecule has 56 valence electrons. The smallest absolute Gasteiger partial charge is 0.0763 e. The summed E-state index contributed by atoms with van der Waals surface area (Å²) in [5.74, 6) is 2.70. The van der Waals surface area contributed by atoms with E-state index in [-0.39, 0.29) is 12.5 Å². The van der Waals surface area contributed by atoms with Gasteiger partial charge < -0.3 is 10.2 Å². The van der Waals surface area contributed by atoms with Crippen molar-refractivity contribution in [3.8, 4) is 12.3 Å². The van der Waals surface area contributed by atoms with Gasteiger partial charge in [-0.2, -0.15) is 0 Å². The highest BCUT2D eigenvalue weighted by Gasteiger charge is 2.41. The van der Waals surface area contributed by atoms with Gasteiger partial charge in [0.05, 0.1) is 5.60 Å². The van der Waals surface area contributed by atoms with Crippen LogP contribution in [0.5, 0.6) is 0 Å². The number of rotatable bonds is 2. The predicted octanol–water partition coefficient (Wildman–Crippen LogP) is 0.143. The lowest BCUT2D eigenvalue weighted by atomic mass is 9.70. The molecule has 1 rings (SSSR count). The van der Waals surface area contributed by atoms with Crippen molar-refractivity contribution in [1.82, 2.24) is 0 Å². The lowest BCUT2D eigenvalue weighted by molar-refractivity contribution is -0.0829. The van der Waals surface area contributed by atoms with E-state index in [4.69, 9.17) is 11.5 Å². The maximum absolute atomic E-state index is 9.46. The van der Waals surface area contributed by atoms with Crippen molar-refractivity contribution in [2.45, 2.75) is 24.9 Å². The van der Waals surface area contributed by atoms with E-state index in [9.17, 15) is 5.11 Å². The van der Waals surface area contributed by atoms with Gasteiger partial charge in [0, 0.05) is 13.0 Å². The summed E-state index contributed by atoms with van der Waals surface area (Å²) < 4.78 is 0. The first-order valence-corrected chi connectivity index (χ1v) is 3.47. The van der Waals surface area contributed by atoms with Crippen LogP contribution in [0.25, 0.3) is 0 Å². The Bertz CT molecular complexity index is 151. The minimum Gasteiger partial charge on any atom is -0.396 e. The molecule has 10 heavy (non-hydrogen) atoms. The molecule has 0 saturated heterocycles. The zero-order valence-electron chi connectivity index (χ0n) is 5.88. The minimum atomic E-state index is -0.651. The van der Waals surface area contributed by atoms with Gasteiger partial charge in [0.15, 0.2) is 0 Å². The number of aliphatic hydroxyl groups excluding tert-OH is 1. The van der Waals surface area contributed by atoms with Gasteiger partial charge in [-0.15, -0.1) is 12.3 Å². The topological polar surface area (TPSA) is 40.5 Å². The lowest BCUT2D eigenvalue weighted by Gasteiger charge is -2.41. The van der Waals surface area contributed by atoms with Crippen LogP contribution in [-0.4, -0.2) is 22.4 Å². The van der Waals surface area contributed by atoms with Crippen LogP contribution < -0.4 is 0 Å². The van der Waals surface area contributed by atoms with Gasteiger partial charge in [0.25, 0.3) is 0 Å². The molecule has 0 bridgehead atoms. The molecular weight excluding hydrogens is 128 g/mol. The molecule has 1 fully saturated rings. The van der Waals surface area contributed by atoms with Crippen LogP contribution in [0.1, 0.15) is 19.3 Å². The largest absolute Gasteiger partial charge is 0.396 e. The Morgan fingerprint density at radius 2 is 2.20 bits per heavy atom. The number of aliphatic hydroxyl groups is 2. The molecule has 0 atom stereocenters. The van der Waals surface area contributed by atoms with Crippen molar-refractivity contribution in [3.05, 3.63) is 0 Å². The Morgan fingerprint density at radius 1 is 1.60 bits per heavy atom. The first kappa shape index (κ1) is 7.59. The Morgan fingerprint density at radius 3 is 2.60 bits per heavy atom. The average Bonchev–Trinajstić information content (AvgIpc) is 1.83. The van der Waals surface area contributed by atoms with Gasteiger partial charge in [-0.25, -0.2) is 0 Å². The molecule has 0 aromatic rings. The van der Waals surface area contributed by atoms with Crippen molar-refractivity contribution in [2.75, 3.05) is 6.61 Å². The van der Waals surface area contributed by atoms with E-state index in [1.807, 2.05) is 0 Å². The number of hydrogen-bond donors (Lipinski definition) is 2. The van der Waals surface area contributed by atoms with Crippen LogP contribution in [-0.2, 0) is 0 Å². The van der Waals surface area contributed by atoms with Crippen molar-refractivity contribution in [1.29, 1.82) is 0 Å². The standard InChI is InChI=1S/C8H12O2/c1-2-3-8(10)4-7(5-8)6-9/h1,7,9-10H,3-6H2. The third-order valence-electron chi connectivity index (χ3n) is 2.03. The van der Waals surface area contributed by atoms with Crippen LogP contribution in [0.4, 0.5) is 0 Å². The second kappa shape index (κ2) is 2.61. The summed E-state index contributed by atoms with van der Waals surface area (Å²) in [4.78, 5) is 0. The first-order valence-electron chi connectivity index (χ1n) is 3.47. The van der Waals surface area contributed by atoms with Gasteiger partial charge in [-0.1, -0.05) is 0 Å². The minimum absolute atomic E-state index is 0.173. The summed E-state index contributed by atoms with van der Waals surface area (Å²) >= 11 is 0. The molecule has 2 nitrogen and oxygen atoms in total. The third-order valence-corrected chi connectivity index (χ3v) is 2.03. The van der Waals surface area contributed by atoms with E-state index in [0.29, 0.717) is 19.3 Å². The Kier molecular flexibility index (Phi) is 1.98. The van der Waals surface area contributed by atoms with Crippen LogP contribution in [0, 0.1) is 18.3 Å². The SMILES string of the molecule is C#CCC1(O)CC(CO)C1. The zero-order chi connectivity index (χ0) is 7.61. The van der Waals surface area contributed by atoms with E-state index in [1.54, 1.807) is 0 Å². The van der Waals surface area contributed by atoms with Gasteiger partial charge in [0.2, 0.25) is 0 Å². The molecule has 0 amide bonds. The molecule has 0 unspecified atom stereocenters. The van der Waals surface area contributed by atoms with E-state index < -0.39 is 5.60 Å². The van der Waals surface area contributed by atoms with Gasteiger partial charge in [-0.05, 0) is 18.8 Å². The lowest BCUT2D eigenvalue weighted by Crippen LogP contribution is -2.44. The highest BCUT2D eigenvalue weighted by Crippen LogP contribution is 2.39. The van der Waals surface area contributed by atoms with Gasteiger partial charge >= 0.3 is 0 Å². The molecule has 2 N–H and O–H groups in total. The molecule has 0 radical (unpaired) electrons. The summed E-state index contributed by atoms with van der Waals surface area (Å²) in [5.41, 5.74) is -0.651. The van der Waals surface area contributed by atoms with Gasteiger partial charge in [0.1, 0.15) is 0 Å². The monoisotopic (exact) mass is 140 g/mol. The van der Waals surface area contributed by atoms with E-state index >= 15 is 0 Å². The highest BCUT2D eigenvalue weighted by molar-refractivity contribution is 5.02. The van der Waals surface area contributed by atoms with Crippen LogP contribution in [0.3, 0.4) is 0 Å². The Labute approximate surface area is 60.9 Å². The molecule has 2 heteroatoms.